The van der Waals surface area contributed by atoms with Gasteiger partial charge in [-0.15, -0.1) is 0 Å². The van der Waals surface area contributed by atoms with Gasteiger partial charge in [-0.1, -0.05) is 28.1 Å². The van der Waals surface area contributed by atoms with Crippen molar-refractivity contribution in [1.29, 1.82) is 0 Å². The summed E-state index contributed by atoms with van der Waals surface area (Å²) in [7, 11) is 0. The normalized spacial score (nSPS) is 27.0. The number of rotatable bonds is 3. The lowest BCUT2D eigenvalue weighted by molar-refractivity contribution is -0.151. The van der Waals surface area contributed by atoms with E-state index in [1.54, 1.807) is 0 Å². The van der Waals surface area contributed by atoms with Gasteiger partial charge in [0, 0.05) is 4.47 Å². The van der Waals surface area contributed by atoms with Gasteiger partial charge in [0.1, 0.15) is 0 Å². The highest BCUT2D eigenvalue weighted by Crippen LogP contribution is 2.40. The minimum atomic E-state index is -0.802. The van der Waals surface area contributed by atoms with E-state index in [9.17, 15) is 9.90 Å². The Morgan fingerprint density at radius 3 is 2.47 bits per heavy atom. The maximum absolute atomic E-state index is 11.7. The molecule has 0 bridgehead atoms. The summed E-state index contributed by atoms with van der Waals surface area (Å²) in [6.45, 7) is 2.24. The lowest BCUT2D eigenvalue weighted by atomic mass is 9.75. The number of ether oxygens (including phenoxy) is 1. The molecular weight excluding hydrogens is 308 g/mol. The molecule has 0 amide bonds. The Morgan fingerprint density at radius 2 is 1.95 bits per heavy atom. The molecule has 4 heteroatoms. The smallest absolute Gasteiger partial charge is 0.308 e. The summed E-state index contributed by atoms with van der Waals surface area (Å²) in [4.78, 5) is 11.7. The highest BCUT2D eigenvalue weighted by atomic mass is 79.9. The van der Waals surface area contributed by atoms with Crippen LogP contribution in [0, 0.1) is 5.92 Å². The third kappa shape index (κ3) is 3.37. The van der Waals surface area contributed by atoms with Crippen molar-refractivity contribution in [2.45, 2.75) is 38.2 Å². The summed E-state index contributed by atoms with van der Waals surface area (Å²) in [6, 6.07) is 7.75. The Bertz CT molecular complexity index is 433. The first-order valence-electron chi connectivity index (χ1n) is 6.70. The number of benzene rings is 1. The highest BCUT2D eigenvalue weighted by Gasteiger charge is 2.37. The standard InChI is InChI=1S/C15H19BrO3/c1-2-19-14(17)11-7-9-15(18,10-8-11)12-3-5-13(16)6-4-12/h3-6,11,18H,2,7-10H2,1H3. The second kappa shape index (κ2) is 6.06. The van der Waals surface area contributed by atoms with E-state index < -0.39 is 5.60 Å². The van der Waals surface area contributed by atoms with Gasteiger partial charge in [0.2, 0.25) is 0 Å². The molecule has 2 rings (SSSR count). The van der Waals surface area contributed by atoms with Crippen LogP contribution in [0.5, 0.6) is 0 Å². The predicted octanol–water partition coefficient (Wildman–Crippen LogP) is 3.39. The fourth-order valence-corrected chi connectivity index (χ4v) is 2.90. The molecule has 0 aromatic heterocycles. The molecule has 1 aliphatic rings. The van der Waals surface area contributed by atoms with Crippen LogP contribution >= 0.6 is 15.9 Å². The fraction of sp³-hybridized carbons (Fsp3) is 0.533. The highest BCUT2D eigenvalue weighted by molar-refractivity contribution is 9.10. The molecule has 0 unspecified atom stereocenters. The molecule has 0 radical (unpaired) electrons. The number of carbonyl (C=O) groups is 1. The first-order chi connectivity index (χ1) is 9.05. The zero-order valence-electron chi connectivity index (χ0n) is 11.1. The van der Waals surface area contributed by atoms with E-state index in [1.165, 1.54) is 0 Å². The van der Waals surface area contributed by atoms with Crippen molar-refractivity contribution in [3.63, 3.8) is 0 Å². The molecule has 0 heterocycles. The summed E-state index contributed by atoms with van der Waals surface area (Å²) in [5.74, 6) is -0.184. The van der Waals surface area contributed by atoms with Gasteiger partial charge >= 0.3 is 5.97 Å². The zero-order valence-corrected chi connectivity index (χ0v) is 12.6. The monoisotopic (exact) mass is 326 g/mol. The maximum Gasteiger partial charge on any atom is 0.308 e. The van der Waals surface area contributed by atoms with Crippen molar-refractivity contribution < 1.29 is 14.6 Å². The molecule has 0 aliphatic heterocycles. The summed E-state index contributed by atoms with van der Waals surface area (Å²) < 4.78 is 6.04. The quantitative estimate of drug-likeness (QED) is 0.866. The summed E-state index contributed by atoms with van der Waals surface area (Å²) in [5.41, 5.74) is 0.127. The van der Waals surface area contributed by atoms with Gasteiger partial charge in [-0.2, -0.15) is 0 Å². The molecule has 1 saturated carbocycles. The van der Waals surface area contributed by atoms with Crippen molar-refractivity contribution in [3.05, 3.63) is 34.3 Å². The molecule has 0 spiro atoms. The minimum absolute atomic E-state index is 0.0596. The number of halogens is 1. The SMILES string of the molecule is CCOC(=O)C1CCC(O)(c2ccc(Br)cc2)CC1. The molecule has 3 nitrogen and oxygen atoms in total. The van der Waals surface area contributed by atoms with Gasteiger partial charge in [0.25, 0.3) is 0 Å². The molecule has 0 atom stereocenters. The Morgan fingerprint density at radius 1 is 1.37 bits per heavy atom. The van der Waals surface area contributed by atoms with Crippen LogP contribution in [0.3, 0.4) is 0 Å². The molecule has 1 aromatic rings. The molecule has 0 saturated heterocycles. The van der Waals surface area contributed by atoms with Gasteiger partial charge in [-0.25, -0.2) is 0 Å². The van der Waals surface area contributed by atoms with E-state index in [0.29, 0.717) is 32.3 Å². The Balaban J connectivity index is 2.01. The number of aliphatic hydroxyl groups is 1. The summed E-state index contributed by atoms with van der Waals surface area (Å²) >= 11 is 3.39. The molecule has 1 fully saturated rings. The number of esters is 1. The second-order valence-corrected chi connectivity index (χ2v) is 5.98. The minimum Gasteiger partial charge on any atom is -0.466 e. The average Bonchev–Trinajstić information content (AvgIpc) is 2.40. The van der Waals surface area contributed by atoms with Crippen LogP contribution in [0.15, 0.2) is 28.7 Å². The Labute approximate surface area is 122 Å². The molecule has 104 valence electrons. The number of hydrogen-bond donors (Lipinski definition) is 1. The van der Waals surface area contributed by atoms with Crippen molar-refractivity contribution in [2.75, 3.05) is 6.61 Å². The van der Waals surface area contributed by atoms with Gasteiger partial charge in [0.05, 0.1) is 18.1 Å². The predicted molar refractivity (Wildman–Crippen MR) is 76.6 cm³/mol. The third-order valence-corrected chi connectivity index (χ3v) is 4.34. The lowest BCUT2D eigenvalue weighted by Crippen LogP contribution is -2.34. The Hall–Kier alpha value is -0.870. The summed E-state index contributed by atoms with van der Waals surface area (Å²) in [5, 5.41) is 10.7. The van der Waals surface area contributed by atoms with Gasteiger partial charge in [0.15, 0.2) is 0 Å². The maximum atomic E-state index is 11.7. The van der Waals surface area contributed by atoms with Gasteiger partial charge in [-0.05, 0) is 50.3 Å². The number of hydrogen-bond acceptors (Lipinski definition) is 3. The van der Waals surface area contributed by atoms with Gasteiger partial charge < -0.3 is 9.84 Å². The van der Waals surface area contributed by atoms with Gasteiger partial charge in [-0.3, -0.25) is 4.79 Å². The van der Waals surface area contributed by atoms with Crippen LogP contribution < -0.4 is 0 Å². The fourth-order valence-electron chi connectivity index (χ4n) is 2.64. The van der Waals surface area contributed by atoms with Crippen molar-refractivity contribution in [2.24, 2.45) is 5.92 Å². The van der Waals surface area contributed by atoms with E-state index in [2.05, 4.69) is 15.9 Å². The molecule has 1 N–H and O–H groups in total. The van der Waals surface area contributed by atoms with Crippen molar-refractivity contribution >= 4 is 21.9 Å². The Kier molecular flexibility index (Phi) is 4.63. The zero-order chi connectivity index (χ0) is 13.9. The van der Waals surface area contributed by atoms with Crippen molar-refractivity contribution in [1.82, 2.24) is 0 Å². The molecular formula is C15H19BrO3. The number of carbonyl (C=O) groups excluding carboxylic acids is 1. The van der Waals surface area contributed by atoms with E-state index in [-0.39, 0.29) is 11.9 Å². The van der Waals surface area contributed by atoms with E-state index in [0.717, 1.165) is 10.0 Å². The van der Waals surface area contributed by atoms with Crippen molar-refractivity contribution in [3.8, 4) is 0 Å². The lowest BCUT2D eigenvalue weighted by Gasteiger charge is -2.35. The topological polar surface area (TPSA) is 46.5 Å². The third-order valence-electron chi connectivity index (χ3n) is 3.81. The van der Waals surface area contributed by atoms with Crippen LogP contribution in [0.25, 0.3) is 0 Å². The molecule has 19 heavy (non-hydrogen) atoms. The van der Waals surface area contributed by atoms with E-state index in [4.69, 9.17) is 4.74 Å². The largest absolute Gasteiger partial charge is 0.466 e. The van der Waals surface area contributed by atoms with E-state index >= 15 is 0 Å². The van der Waals surface area contributed by atoms with E-state index in [1.807, 2.05) is 31.2 Å². The average molecular weight is 327 g/mol. The molecule has 1 aliphatic carbocycles. The van der Waals surface area contributed by atoms with Crippen LogP contribution in [0.2, 0.25) is 0 Å². The van der Waals surface area contributed by atoms with Crippen LogP contribution in [-0.2, 0) is 15.1 Å². The summed E-state index contributed by atoms with van der Waals surface area (Å²) in [6.07, 6.45) is 2.59. The van der Waals surface area contributed by atoms with Crippen LogP contribution in [-0.4, -0.2) is 17.7 Å². The molecule has 1 aromatic carbocycles. The van der Waals surface area contributed by atoms with Crippen LogP contribution in [0.1, 0.15) is 38.2 Å². The first kappa shape index (κ1) is 14.5. The second-order valence-electron chi connectivity index (χ2n) is 5.06. The van der Waals surface area contributed by atoms with Crippen LogP contribution in [0.4, 0.5) is 0 Å². The first-order valence-corrected chi connectivity index (χ1v) is 7.49.